The Morgan fingerprint density at radius 1 is 0.714 bits per heavy atom. The van der Waals surface area contributed by atoms with Gasteiger partial charge in [0, 0.05) is 21.5 Å². The molecule has 0 fully saturated rings. The highest BCUT2D eigenvalue weighted by Gasteiger charge is 2.23. The summed E-state index contributed by atoms with van der Waals surface area (Å²) < 4.78 is 22.8. The van der Waals surface area contributed by atoms with Gasteiger partial charge in [-0.3, -0.25) is 0 Å². The molecule has 0 unspecified atom stereocenters. The van der Waals surface area contributed by atoms with Crippen molar-refractivity contribution in [2.45, 2.75) is 0 Å². The molecule has 1 aliphatic rings. The van der Waals surface area contributed by atoms with Crippen LogP contribution in [0.4, 0.5) is 0 Å². The molecule has 28 heavy (non-hydrogen) atoms. The molecule has 0 aliphatic carbocycles. The van der Waals surface area contributed by atoms with Gasteiger partial charge in [-0.15, -0.1) is 0 Å². The maximum Gasteiger partial charge on any atom is 0.238 e. The Hall–Kier alpha value is -3.60. The summed E-state index contributed by atoms with van der Waals surface area (Å²) >= 11 is 0. The van der Waals surface area contributed by atoms with Crippen LogP contribution in [-0.2, 0) is 0 Å². The zero-order valence-electron chi connectivity index (χ0n) is 15.5. The van der Waals surface area contributed by atoms with Crippen molar-refractivity contribution in [2.24, 2.45) is 0 Å². The molecule has 1 aromatic heterocycles. The van der Waals surface area contributed by atoms with Crippen LogP contribution in [0.15, 0.2) is 48.5 Å². The maximum absolute atomic E-state index is 5.85. The van der Waals surface area contributed by atoms with Gasteiger partial charge in [0.25, 0.3) is 0 Å². The Kier molecular flexibility index (Phi) is 3.01. The first-order valence-electron chi connectivity index (χ1n) is 9.11. The van der Waals surface area contributed by atoms with Crippen LogP contribution >= 0.6 is 0 Å². The molecule has 5 nitrogen and oxygen atoms in total. The number of benzene rings is 4. The molecule has 138 valence electrons. The summed E-state index contributed by atoms with van der Waals surface area (Å²) in [5.74, 6) is 2.96. The summed E-state index contributed by atoms with van der Waals surface area (Å²) in [6.45, 7) is 0.254. The van der Waals surface area contributed by atoms with Gasteiger partial charge in [0.1, 0.15) is 0 Å². The van der Waals surface area contributed by atoms with E-state index >= 15 is 0 Å². The summed E-state index contributed by atoms with van der Waals surface area (Å²) in [6.07, 6.45) is 0. The fraction of sp³-hybridized carbons (Fsp3) is 0.130. The Labute approximate surface area is 160 Å². The van der Waals surface area contributed by atoms with Gasteiger partial charge >= 0.3 is 0 Å². The Morgan fingerprint density at radius 2 is 1.39 bits per heavy atom. The lowest BCUT2D eigenvalue weighted by atomic mass is 9.94. The van der Waals surface area contributed by atoms with E-state index in [0.717, 1.165) is 60.5 Å². The molecule has 0 bridgehead atoms. The normalized spacial score (nSPS) is 13.1. The Morgan fingerprint density at radius 3 is 2.18 bits per heavy atom. The van der Waals surface area contributed by atoms with Crippen molar-refractivity contribution >= 4 is 43.2 Å². The number of ether oxygens (including phenoxy) is 4. The summed E-state index contributed by atoms with van der Waals surface area (Å²) in [5, 5.41) is 7.54. The number of aromatic nitrogens is 1. The van der Waals surface area contributed by atoms with Gasteiger partial charge in [0.2, 0.25) is 12.7 Å². The molecule has 0 saturated carbocycles. The topological polar surface area (TPSA) is 52.7 Å². The van der Waals surface area contributed by atoms with Crippen molar-refractivity contribution in [1.29, 1.82) is 0 Å². The van der Waals surface area contributed by atoms with Crippen LogP contribution in [0.25, 0.3) is 43.2 Å². The average Bonchev–Trinajstić information content (AvgIpc) is 3.33. The molecule has 5 heteroatoms. The zero-order valence-corrected chi connectivity index (χ0v) is 15.5. The molecule has 0 atom stereocenters. The van der Waals surface area contributed by atoms with E-state index in [1.807, 2.05) is 12.1 Å². The fourth-order valence-electron chi connectivity index (χ4n) is 4.43. The van der Waals surface area contributed by atoms with E-state index in [9.17, 15) is 0 Å². The summed E-state index contributed by atoms with van der Waals surface area (Å²) in [5.41, 5.74) is 0.998. The SMILES string of the molecule is COc1c(OC)c2c(ccc3c2ccc2c4c([nH]c23)OCO4)c2ccccc12. The third-order valence-electron chi connectivity index (χ3n) is 5.60. The van der Waals surface area contributed by atoms with Gasteiger partial charge in [-0.25, -0.2) is 0 Å². The van der Waals surface area contributed by atoms with Crippen LogP contribution in [0.5, 0.6) is 23.1 Å². The molecular weight excluding hydrogens is 354 g/mol. The molecule has 1 N–H and O–H groups in total. The van der Waals surface area contributed by atoms with Gasteiger partial charge in [-0.1, -0.05) is 42.5 Å². The van der Waals surface area contributed by atoms with E-state index in [4.69, 9.17) is 18.9 Å². The largest absolute Gasteiger partial charge is 0.492 e. The van der Waals surface area contributed by atoms with E-state index in [2.05, 4.69) is 41.4 Å². The molecule has 6 rings (SSSR count). The number of methoxy groups -OCH3 is 2. The monoisotopic (exact) mass is 371 g/mol. The number of rotatable bonds is 2. The standard InChI is InChI=1S/C23H17NO4/c1-25-20-16-6-4-3-5-12(16)13-7-9-15-14(18(13)22(20)26-2)8-10-17-19(15)24-23-21(17)27-11-28-23/h3-10,24H,11H2,1-2H3. The number of hydrogen-bond acceptors (Lipinski definition) is 4. The number of nitrogens with one attached hydrogen (secondary N) is 1. The van der Waals surface area contributed by atoms with E-state index in [1.54, 1.807) is 14.2 Å². The highest BCUT2D eigenvalue weighted by atomic mass is 16.7. The Bertz CT molecular complexity index is 1420. The Balaban J connectivity index is 1.85. The van der Waals surface area contributed by atoms with E-state index < -0.39 is 0 Å². The van der Waals surface area contributed by atoms with Crippen LogP contribution in [0.3, 0.4) is 0 Å². The second-order valence-corrected chi connectivity index (χ2v) is 6.87. The van der Waals surface area contributed by atoms with Crippen LogP contribution in [0, 0.1) is 0 Å². The molecule has 2 heterocycles. The third-order valence-corrected chi connectivity index (χ3v) is 5.60. The predicted molar refractivity (Wildman–Crippen MR) is 110 cm³/mol. The quantitative estimate of drug-likeness (QED) is 0.424. The van der Waals surface area contributed by atoms with Crippen LogP contribution in [0.1, 0.15) is 0 Å². The van der Waals surface area contributed by atoms with Crippen molar-refractivity contribution in [3.05, 3.63) is 48.5 Å². The van der Waals surface area contributed by atoms with E-state index in [1.165, 1.54) is 0 Å². The van der Waals surface area contributed by atoms with Gasteiger partial charge in [0.15, 0.2) is 17.2 Å². The molecule has 0 spiro atoms. The van der Waals surface area contributed by atoms with Crippen molar-refractivity contribution in [3.63, 3.8) is 0 Å². The number of H-pyrrole nitrogens is 1. The maximum atomic E-state index is 5.85. The number of hydrogen-bond donors (Lipinski definition) is 1. The lowest BCUT2D eigenvalue weighted by Gasteiger charge is -2.17. The minimum atomic E-state index is 0.254. The second-order valence-electron chi connectivity index (χ2n) is 6.87. The number of fused-ring (bicyclic) bond motifs is 9. The fourth-order valence-corrected chi connectivity index (χ4v) is 4.43. The molecule has 5 aromatic rings. The van der Waals surface area contributed by atoms with Gasteiger partial charge in [0.05, 0.1) is 19.7 Å². The van der Waals surface area contributed by atoms with Crippen LogP contribution in [-0.4, -0.2) is 26.0 Å². The molecule has 0 radical (unpaired) electrons. The molecule has 4 aromatic carbocycles. The smallest absolute Gasteiger partial charge is 0.238 e. The van der Waals surface area contributed by atoms with Gasteiger partial charge in [-0.05, 0) is 22.2 Å². The lowest BCUT2D eigenvalue weighted by molar-refractivity contribution is 0.171. The van der Waals surface area contributed by atoms with Crippen molar-refractivity contribution in [2.75, 3.05) is 21.0 Å². The van der Waals surface area contributed by atoms with Gasteiger partial charge < -0.3 is 23.9 Å². The van der Waals surface area contributed by atoms with E-state index in [0.29, 0.717) is 5.88 Å². The summed E-state index contributed by atoms with van der Waals surface area (Å²) in [4.78, 5) is 3.37. The average molecular weight is 371 g/mol. The van der Waals surface area contributed by atoms with Crippen molar-refractivity contribution < 1.29 is 18.9 Å². The van der Waals surface area contributed by atoms with Gasteiger partial charge in [-0.2, -0.15) is 0 Å². The third kappa shape index (κ3) is 1.80. The minimum absolute atomic E-state index is 0.254. The first-order chi connectivity index (χ1) is 13.8. The molecule has 1 aliphatic heterocycles. The molecule has 0 amide bonds. The summed E-state index contributed by atoms with van der Waals surface area (Å²) in [6, 6.07) is 16.7. The van der Waals surface area contributed by atoms with Crippen molar-refractivity contribution in [1.82, 2.24) is 4.98 Å². The minimum Gasteiger partial charge on any atom is -0.492 e. The first-order valence-corrected chi connectivity index (χ1v) is 9.11. The molecule has 0 saturated heterocycles. The lowest BCUT2D eigenvalue weighted by Crippen LogP contribution is -1.96. The zero-order chi connectivity index (χ0) is 18.8. The highest BCUT2D eigenvalue weighted by molar-refractivity contribution is 6.25. The van der Waals surface area contributed by atoms with Crippen LogP contribution in [0.2, 0.25) is 0 Å². The molecular formula is C23H17NO4. The van der Waals surface area contributed by atoms with Crippen LogP contribution < -0.4 is 18.9 Å². The second kappa shape index (κ2) is 5.45. The van der Waals surface area contributed by atoms with E-state index in [-0.39, 0.29) is 6.79 Å². The first kappa shape index (κ1) is 15.5. The van der Waals surface area contributed by atoms with Crippen molar-refractivity contribution in [3.8, 4) is 23.1 Å². The number of aromatic amines is 1. The highest BCUT2D eigenvalue weighted by Crippen LogP contribution is 2.48. The predicted octanol–water partition coefficient (Wildman–Crippen LogP) is 5.37. The summed E-state index contributed by atoms with van der Waals surface area (Å²) in [7, 11) is 3.37.